The van der Waals surface area contributed by atoms with Crippen LogP contribution in [0.2, 0.25) is 5.02 Å². The molecule has 192 valence electrons. The number of ether oxygens (including phenoxy) is 1. The lowest BCUT2D eigenvalue weighted by atomic mass is 10.1. The number of hydrogen-bond acceptors (Lipinski definition) is 3. The highest BCUT2D eigenvalue weighted by molar-refractivity contribution is 6.33. The molecule has 7 heteroatoms. The van der Waals surface area contributed by atoms with Crippen molar-refractivity contribution >= 4 is 34.3 Å². The molecule has 0 saturated heterocycles. The highest BCUT2D eigenvalue weighted by Gasteiger charge is 2.24. The molecule has 0 bridgehead atoms. The zero-order chi connectivity index (χ0) is 26.2. The fraction of sp³-hybridized carbons (Fsp3) is 0.267. The van der Waals surface area contributed by atoms with E-state index in [1.165, 1.54) is 0 Å². The minimum atomic E-state index is -0.241. The second-order valence-corrected chi connectivity index (χ2v) is 9.35. The minimum Gasteiger partial charge on any atom is -0.496 e. The summed E-state index contributed by atoms with van der Waals surface area (Å²) in [4.78, 5) is 33.7. The molecule has 0 spiro atoms. The lowest BCUT2D eigenvalue weighted by Gasteiger charge is -2.28. The van der Waals surface area contributed by atoms with E-state index in [2.05, 4.69) is 11.1 Å². The van der Waals surface area contributed by atoms with Crippen molar-refractivity contribution in [3.05, 3.63) is 101 Å². The van der Waals surface area contributed by atoms with E-state index in [0.29, 0.717) is 36.6 Å². The van der Waals surface area contributed by atoms with E-state index in [1.807, 2.05) is 60.5 Å². The fourth-order valence-electron chi connectivity index (χ4n) is 4.52. The highest BCUT2D eigenvalue weighted by atomic mass is 35.5. The van der Waals surface area contributed by atoms with Gasteiger partial charge < -0.3 is 19.5 Å². The zero-order valence-electron chi connectivity index (χ0n) is 21.2. The summed E-state index contributed by atoms with van der Waals surface area (Å²) in [5.74, 6) is 0.360. The van der Waals surface area contributed by atoms with E-state index in [9.17, 15) is 9.59 Å². The van der Waals surface area contributed by atoms with Crippen LogP contribution in [-0.2, 0) is 17.8 Å². The molecule has 0 aliphatic rings. The number of nitrogens with one attached hydrogen (secondary N) is 1. The third-order valence-corrected chi connectivity index (χ3v) is 6.77. The van der Waals surface area contributed by atoms with Crippen molar-refractivity contribution < 1.29 is 14.3 Å². The smallest absolute Gasteiger partial charge is 0.255 e. The van der Waals surface area contributed by atoms with Gasteiger partial charge in [-0.25, -0.2) is 0 Å². The van der Waals surface area contributed by atoms with Crippen molar-refractivity contribution in [1.29, 1.82) is 0 Å². The van der Waals surface area contributed by atoms with Gasteiger partial charge in [0.1, 0.15) is 12.3 Å². The topological polar surface area (TPSA) is 65.6 Å². The zero-order valence-corrected chi connectivity index (χ0v) is 22.0. The van der Waals surface area contributed by atoms with Gasteiger partial charge in [0.2, 0.25) is 5.91 Å². The van der Waals surface area contributed by atoms with Gasteiger partial charge >= 0.3 is 0 Å². The van der Waals surface area contributed by atoms with Gasteiger partial charge in [0.05, 0.1) is 17.7 Å². The number of aromatic nitrogens is 1. The molecule has 1 N–H and O–H groups in total. The molecule has 0 fully saturated rings. The number of aromatic amines is 1. The second-order valence-electron chi connectivity index (χ2n) is 8.94. The molecule has 1 aromatic heterocycles. The SMILES string of the molecule is CCCN(CC(=O)N(CCc1c[nH]c2ccccc12)Cc1ccccc1OC)C(=O)c1ccccc1Cl. The standard InChI is InChI=1S/C30H32ClN3O3/c1-3-17-34(30(36)25-12-5-7-13-26(25)31)21-29(35)33(20-23-10-4-9-15-28(23)37-2)18-16-22-19-32-27-14-8-6-11-24(22)27/h4-15,19,32H,3,16-18,20-21H2,1-2H3. The van der Waals surface area contributed by atoms with Gasteiger partial charge in [-0.3, -0.25) is 9.59 Å². The number of halogens is 1. The second kappa shape index (κ2) is 12.5. The van der Waals surface area contributed by atoms with Crippen LogP contribution in [0.5, 0.6) is 5.75 Å². The van der Waals surface area contributed by atoms with E-state index < -0.39 is 0 Å². The van der Waals surface area contributed by atoms with Crippen LogP contribution in [0, 0.1) is 0 Å². The Morgan fingerprint density at radius 3 is 2.41 bits per heavy atom. The van der Waals surface area contributed by atoms with Crippen molar-refractivity contribution in [2.75, 3.05) is 26.7 Å². The number of para-hydroxylation sites is 2. The molecule has 4 aromatic rings. The summed E-state index contributed by atoms with van der Waals surface area (Å²) in [5, 5.41) is 1.53. The lowest BCUT2D eigenvalue weighted by Crippen LogP contribution is -2.43. The summed E-state index contributed by atoms with van der Waals surface area (Å²) in [6.45, 7) is 3.30. The number of H-pyrrole nitrogens is 1. The van der Waals surface area contributed by atoms with Crippen molar-refractivity contribution in [1.82, 2.24) is 14.8 Å². The van der Waals surface area contributed by atoms with Crippen LogP contribution < -0.4 is 4.74 Å². The largest absolute Gasteiger partial charge is 0.496 e. The molecule has 0 aliphatic heterocycles. The average Bonchev–Trinajstić information content (AvgIpc) is 3.34. The molecular weight excluding hydrogens is 486 g/mol. The number of methoxy groups -OCH3 is 1. The first-order valence-corrected chi connectivity index (χ1v) is 12.9. The predicted molar refractivity (Wildman–Crippen MR) is 148 cm³/mol. The van der Waals surface area contributed by atoms with E-state index in [4.69, 9.17) is 16.3 Å². The molecule has 0 atom stereocenters. The van der Waals surface area contributed by atoms with Crippen LogP contribution in [-0.4, -0.2) is 53.3 Å². The summed E-state index contributed by atoms with van der Waals surface area (Å²) in [7, 11) is 1.63. The number of hydrogen-bond donors (Lipinski definition) is 1. The summed E-state index contributed by atoms with van der Waals surface area (Å²) in [5.41, 5.74) is 3.53. The molecule has 6 nitrogen and oxygen atoms in total. The van der Waals surface area contributed by atoms with E-state index >= 15 is 0 Å². The van der Waals surface area contributed by atoms with Gasteiger partial charge in [0, 0.05) is 42.3 Å². The molecule has 4 rings (SSSR count). The summed E-state index contributed by atoms with van der Waals surface area (Å²) in [6.07, 6.45) is 3.41. The van der Waals surface area contributed by atoms with Crippen molar-refractivity contribution in [2.45, 2.75) is 26.3 Å². The molecule has 37 heavy (non-hydrogen) atoms. The van der Waals surface area contributed by atoms with Gasteiger partial charge in [0.15, 0.2) is 0 Å². The maximum atomic E-state index is 13.7. The first kappa shape index (κ1) is 26.3. The van der Waals surface area contributed by atoms with E-state index in [1.54, 1.807) is 36.3 Å². The van der Waals surface area contributed by atoms with Gasteiger partial charge in [-0.2, -0.15) is 0 Å². The normalized spacial score (nSPS) is 10.9. The Morgan fingerprint density at radius 2 is 1.62 bits per heavy atom. The summed E-state index contributed by atoms with van der Waals surface area (Å²) >= 11 is 6.30. The first-order valence-electron chi connectivity index (χ1n) is 12.5. The Bertz CT molecular complexity index is 1370. The molecule has 0 aliphatic carbocycles. The number of rotatable bonds is 11. The highest BCUT2D eigenvalue weighted by Crippen LogP contribution is 2.22. The summed E-state index contributed by atoms with van der Waals surface area (Å²) < 4.78 is 5.54. The number of carbonyl (C=O) groups excluding carboxylic acids is 2. The molecule has 0 radical (unpaired) electrons. The van der Waals surface area contributed by atoms with Gasteiger partial charge in [-0.05, 0) is 42.7 Å². The van der Waals surface area contributed by atoms with Crippen LogP contribution in [0.3, 0.4) is 0 Å². The van der Waals surface area contributed by atoms with Crippen LogP contribution in [0.15, 0.2) is 79.0 Å². The Balaban J connectivity index is 1.57. The van der Waals surface area contributed by atoms with E-state index in [-0.39, 0.29) is 18.4 Å². The molecular formula is C30H32ClN3O3. The van der Waals surface area contributed by atoms with Crippen molar-refractivity contribution in [3.63, 3.8) is 0 Å². The van der Waals surface area contributed by atoms with Crippen LogP contribution in [0.25, 0.3) is 10.9 Å². The monoisotopic (exact) mass is 517 g/mol. The van der Waals surface area contributed by atoms with Crippen LogP contribution in [0.4, 0.5) is 0 Å². The number of amides is 2. The first-order chi connectivity index (χ1) is 18.0. The van der Waals surface area contributed by atoms with E-state index in [0.717, 1.165) is 34.2 Å². The summed E-state index contributed by atoms with van der Waals surface area (Å²) in [6, 6.07) is 22.8. The third kappa shape index (κ3) is 6.33. The number of nitrogens with zero attached hydrogens (tertiary/aromatic N) is 2. The molecule has 2 amide bonds. The fourth-order valence-corrected chi connectivity index (χ4v) is 4.73. The van der Waals surface area contributed by atoms with Gasteiger partial charge in [0.25, 0.3) is 5.91 Å². The molecule has 3 aromatic carbocycles. The minimum absolute atomic E-state index is 0.0269. The number of benzene rings is 3. The Morgan fingerprint density at radius 1 is 0.892 bits per heavy atom. The van der Waals surface area contributed by atoms with Crippen molar-refractivity contribution in [3.8, 4) is 5.75 Å². The molecule has 1 heterocycles. The Kier molecular flexibility index (Phi) is 8.86. The van der Waals surface area contributed by atoms with Crippen LogP contribution >= 0.6 is 11.6 Å². The lowest BCUT2D eigenvalue weighted by molar-refractivity contribution is -0.132. The Labute approximate surface area is 222 Å². The number of carbonyl (C=O) groups is 2. The van der Waals surface area contributed by atoms with Gasteiger partial charge in [-0.1, -0.05) is 67.1 Å². The quantitative estimate of drug-likeness (QED) is 0.267. The van der Waals surface area contributed by atoms with Gasteiger partial charge in [-0.15, -0.1) is 0 Å². The maximum Gasteiger partial charge on any atom is 0.255 e. The predicted octanol–water partition coefficient (Wildman–Crippen LogP) is 5.95. The third-order valence-electron chi connectivity index (χ3n) is 6.44. The van der Waals surface area contributed by atoms with Crippen molar-refractivity contribution in [2.24, 2.45) is 0 Å². The maximum absolute atomic E-state index is 13.7. The average molecular weight is 518 g/mol. The molecule has 0 unspecified atom stereocenters. The molecule has 0 saturated carbocycles. The van der Waals surface area contributed by atoms with Crippen LogP contribution in [0.1, 0.15) is 34.8 Å². The Hall–Kier alpha value is -3.77. The number of fused-ring (bicyclic) bond motifs is 1.